The minimum absolute atomic E-state index is 0.0262. The summed E-state index contributed by atoms with van der Waals surface area (Å²) in [7, 11) is 0. The average Bonchev–Trinajstić information content (AvgIpc) is 3.11. The third kappa shape index (κ3) is 4.41. The van der Waals surface area contributed by atoms with Gasteiger partial charge in [-0.15, -0.1) is 0 Å². The van der Waals surface area contributed by atoms with Crippen molar-refractivity contribution in [1.82, 2.24) is 10.6 Å². The summed E-state index contributed by atoms with van der Waals surface area (Å²) in [6.07, 6.45) is 5.59. The fourth-order valence-electron chi connectivity index (χ4n) is 3.69. The lowest BCUT2D eigenvalue weighted by molar-refractivity contribution is 0.117. The fraction of sp³-hybridized carbons (Fsp3) is 0.632. The zero-order chi connectivity index (χ0) is 16.9. The third-order valence-electron chi connectivity index (χ3n) is 5.22. The molecule has 0 aromatic heterocycles. The van der Waals surface area contributed by atoms with Gasteiger partial charge in [0.25, 0.3) is 0 Å². The first-order valence-electron chi connectivity index (χ1n) is 9.22. The molecule has 24 heavy (non-hydrogen) atoms. The summed E-state index contributed by atoms with van der Waals surface area (Å²) in [5, 5.41) is 15.6. The molecule has 2 amide bonds. The maximum Gasteiger partial charge on any atom is 0.315 e. The van der Waals surface area contributed by atoms with Gasteiger partial charge in [0.15, 0.2) is 0 Å². The first-order chi connectivity index (χ1) is 11.6. The molecule has 2 aliphatic rings. The Kier molecular flexibility index (Phi) is 5.61. The Bertz CT molecular complexity index is 549. The number of carbonyl (C=O) groups is 1. The number of aliphatic hydroxyl groups excluding tert-OH is 1. The van der Waals surface area contributed by atoms with Crippen LogP contribution in [0.4, 0.5) is 10.5 Å². The number of hydrogen-bond acceptors (Lipinski definition) is 3. The van der Waals surface area contributed by atoms with Crippen molar-refractivity contribution in [3.8, 4) is 0 Å². The molecule has 1 aromatic carbocycles. The predicted octanol–water partition coefficient (Wildman–Crippen LogP) is 2.95. The molecule has 0 unspecified atom stereocenters. The van der Waals surface area contributed by atoms with E-state index in [0.717, 1.165) is 44.3 Å². The highest BCUT2D eigenvalue weighted by atomic mass is 16.3. The second-order valence-electron chi connectivity index (χ2n) is 7.13. The number of carbonyl (C=O) groups excluding carboxylic acids is 1. The number of aliphatic hydroxyl groups is 1. The number of urea groups is 1. The smallest absolute Gasteiger partial charge is 0.315 e. The minimum atomic E-state index is -0.196. The second kappa shape index (κ2) is 7.88. The highest BCUT2D eigenvalue weighted by molar-refractivity contribution is 5.74. The molecule has 1 saturated carbocycles. The van der Waals surface area contributed by atoms with E-state index in [2.05, 4.69) is 39.8 Å². The van der Waals surface area contributed by atoms with Crippen molar-refractivity contribution in [2.75, 3.05) is 18.0 Å². The molecule has 1 aliphatic heterocycles. The zero-order valence-electron chi connectivity index (χ0n) is 14.5. The van der Waals surface area contributed by atoms with Gasteiger partial charge in [0, 0.05) is 24.8 Å². The molecular formula is C19H29N3O2. The molecule has 5 heteroatoms. The van der Waals surface area contributed by atoms with Crippen molar-refractivity contribution in [2.45, 2.75) is 63.6 Å². The molecule has 0 radical (unpaired) electrons. The van der Waals surface area contributed by atoms with E-state index in [9.17, 15) is 9.90 Å². The van der Waals surface area contributed by atoms with Gasteiger partial charge in [0.2, 0.25) is 0 Å². The highest BCUT2D eigenvalue weighted by Gasteiger charge is 2.21. The third-order valence-corrected chi connectivity index (χ3v) is 5.22. The fourth-order valence-corrected chi connectivity index (χ4v) is 3.69. The highest BCUT2D eigenvalue weighted by Crippen LogP contribution is 2.24. The Morgan fingerprint density at radius 3 is 2.62 bits per heavy atom. The molecule has 2 fully saturated rings. The van der Waals surface area contributed by atoms with Crippen molar-refractivity contribution in [3.63, 3.8) is 0 Å². The lowest BCUT2D eigenvalue weighted by Gasteiger charge is -2.27. The molecule has 3 N–H and O–H groups in total. The van der Waals surface area contributed by atoms with Crippen molar-refractivity contribution in [3.05, 3.63) is 29.8 Å². The number of hydrogen-bond donors (Lipinski definition) is 3. The number of nitrogens with zero attached hydrogens (tertiary/aromatic N) is 1. The van der Waals surface area contributed by atoms with Crippen molar-refractivity contribution >= 4 is 11.7 Å². The summed E-state index contributed by atoms with van der Waals surface area (Å²) in [6.45, 7) is 4.27. The summed E-state index contributed by atoms with van der Waals surface area (Å²) in [4.78, 5) is 14.6. The summed E-state index contributed by atoms with van der Waals surface area (Å²) < 4.78 is 0. The first-order valence-corrected chi connectivity index (χ1v) is 9.22. The van der Waals surface area contributed by atoms with Gasteiger partial charge in [-0.25, -0.2) is 4.79 Å². The maximum atomic E-state index is 12.2. The van der Waals surface area contributed by atoms with Crippen LogP contribution in [0.1, 0.15) is 57.1 Å². The molecule has 0 bridgehead atoms. The number of rotatable bonds is 4. The summed E-state index contributed by atoms with van der Waals surface area (Å²) >= 11 is 0. The second-order valence-corrected chi connectivity index (χ2v) is 7.13. The van der Waals surface area contributed by atoms with Crippen molar-refractivity contribution in [2.24, 2.45) is 0 Å². The SMILES string of the molecule is C[C@H](NC(=O)NC1CCC(O)CC1)c1cccc(N2CCCC2)c1. The predicted molar refractivity (Wildman–Crippen MR) is 96.2 cm³/mol. The van der Waals surface area contributed by atoms with E-state index < -0.39 is 0 Å². The quantitative estimate of drug-likeness (QED) is 0.795. The van der Waals surface area contributed by atoms with Crippen LogP contribution in [-0.4, -0.2) is 36.4 Å². The van der Waals surface area contributed by atoms with Gasteiger partial charge < -0.3 is 20.6 Å². The van der Waals surface area contributed by atoms with E-state index in [-0.39, 0.29) is 24.2 Å². The Balaban J connectivity index is 1.53. The number of benzene rings is 1. The van der Waals surface area contributed by atoms with Gasteiger partial charge in [0.1, 0.15) is 0 Å². The van der Waals surface area contributed by atoms with E-state index in [0.29, 0.717) is 0 Å². The molecule has 1 atom stereocenters. The monoisotopic (exact) mass is 331 g/mol. The molecule has 0 spiro atoms. The Morgan fingerprint density at radius 2 is 1.92 bits per heavy atom. The molecule has 5 nitrogen and oxygen atoms in total. The first kappa shape index (κ1) is 17.1. The van der Waals surface area contributed by atoms with Crippen LogP contribution in [0.15, 0.2) is 24.3 Å². The average molecular weight is 331 g/mol. The van der Waals surface area contributed by atoms with E-state index in [4.69, 9.17) is 0 Å². The van der Waals surface area contributed by atoms with E-state index in [1.54, 1.807) is 0 Å². The summed E-state index contributed by atoms with van der Waals surface area (Å²) in [6, 6.07) is 8.51. The van der Waals surface area contributed by atoms with Crippen molar-refractivity contribution < 1.29 is 9.90 Å². The lowest BCUT2D eigenvalue weighted by Crippen LogP contribution is -2.44. The summed E-state index contributed by atoms with van der Waals surface area (Å²) in [5.41, 5.74) is 2.38. The van der Waals surface area contributed by atoms with Gasteiger partial charge in [-0.2, -0.15) is 0 Å². The number of amides is 2. The van der Waals surface area contributed by atoms with Gasteiger partial charge >= 0.3 is 6.03 Å². The maximum absolute atomic E-state index is 12.2. The number of nitrogens with one attached hydrogen (secondary N) is 2. The van der Waals surface area contributed by atoms with Crippen LogP contribution in [0.5, 0.6) is 0 Å². The minimum Gasteiger partial charge on any atom is -0.393 e. The number of anilines is 1. The molecule has 3 rings (SSSR count). The van der Waals surface area contributed by atoms with Crippen LogP contribution in [0.3, 0.4) is 0 Å². The topological polar surface area (TPSA) is 64.6 Å². The van der Waals surface area contributed by atoms with Gasteiger partial charge in [-0.1, -0.05) is 12.1 Å². The van der Waals surface area contributed by atoms with Crippen LogP contribution >= 0.6 is 0 Å². The standard InChI is InChI=1S/C19H29N3O2/c1-14(20-19(24)21-16-7-9-18(23)10-8-16)15-5-4-6-17(13-15)22-11-2-3-12-22/h4-6,13-14,16,18,23H,2-3,7-12H2,1H3,(H2,20,21,24)/t14-,16?,18?/m0/s1. The van der Waals surface area contributed by atoms with Crippen molar-refractivity contribution in [1.29, 1.82) is 0 Å². The molecular weight excluding hydrogens is 302 g/mol. The van der Waals surface area contributed by atoms with Gasteiger partial charge in [-0.05, 0) is 63.1 Å². The van der Waals surface area contributed by atoms with Crippen LogP contribution in [0.25, 0.3) is 0 Å². The van der Waals surface area contributed by atoms with Gasteiger partial charge in [0.05, 0.1) is 12.1 Å². The van der Waals surface area contributed by atoms with E-state index in [1.165, 1.54) is 18.5 Å². The summed E-state index contributed by atoms with van der Waals surface area (Å²) in [5.74, 6) is 0. The largest absolute Gasteiger partial charge is 0.393 e. The zero-order valence-corrected chi connectivity index (χ0v) is 14.5. The van der Waals surface area contributed by atoms with Crippen LogP contribution in [0, 0.1) is 0 Å². The Hall–Kier alpha value is -1.75. The van der Waals surface area contributed by atoms with Crippen LogP contribution < -0.4 is 15.5 Å². The molecule has 1 saturated heterocycles. The molecule has 132 valence electrons. The van der Waals surface area contributed by atoms with Crippen LogP contribution in [-0.2, 0) is 0 Å². The molecule has 1 aromatic rings. The van der Waals surface area contributed by atoms with Crippen LogP contribution in [0.2, 0.25) is 0 Å². The molecule has 1 aliphatic carbocycles. The normalized spacial score (nSPS) is 25.3. The lowest BCUT2D eigenvalue weighted by atomic mass is 9.93. The van der Waals surface area contributed by atoms with E-state index >= 15 is 0 Å². The Labute approximate surface area is 144 Å². The molecule has 1 heterocycles. The van der Waals surface area contributed by atoms with E-state index in [1.807, 2.05) is 6.92 Å². The van der Waals surface area contributed by atoms with Gasteiger partial charge in [-0.3, -0.25) is 0 Å². The Morgan fingerprint density at radius 1 is 1.21 bits per heavy atom.